The van der Waals surface area contributed by atoms with Gasteiger partial charge in [0.2, 0.25) is 5.91 Å². The second kappa shape index (κ2) is 5.71. The van der Waals surface area contributed by atoms with Gasteiger partial charge in [-0.1, -0.05) is 12.8 Å². The molecule has 2 fully saturated rings. The van der Waals surface area contributed by atoms with Crippen molar-refractivity contribution in [2.45, 2.75) is 38.1 Å². The molecule has 88 valence electrons. The van der Waals surface area contributed by atoms with Crippen LogP contribution in [0.1, 0.15) is 32.1 Å². The van der Waals surface area contributed by atoms with Crippen LogP contribution in [0.5, 0.6) is 0 Å². The Labute approximate surface area is 98.0 Å². The van der Waals surface area contributed by atoms with E-state index in [4.69, 9.17) is 0 Å². The standard InChI is InChI=1S/C11H20N2O.ClH/c1-12-10-6-7-13(8-10)11(14)9-4-2-3-5-9;/h9-10,12H,2-8H2,1H3;1H. The van der Waals surface area contributed by atoms with E-state index < -0.39 is 0 Å². The van der Waals surface area contributed by atoms with Crippen molar-refractivity contribution >= 4 is 18.3 Å². The summed E-state index contributed by atoms with van der Waals surface area (Å²) in [6.07, 6.45) is 5.87. The second-order valence-electron chi connectivity index (χ2n) is 4.54. The van der Waals surface area contributed by atoms with E-state index >= 15 is 0 Å². The SMILES string of the molecule is CNC1CCN(C(=O)C2CCCC2)C1.Cl. The van der Waals surface area contributed by atoms with Crippen molar-refractivity contribution in [1.82, 2.24) is 10.2 Å². The first kappa shape index (κ1) is 12.8. The molecule has 4 heteroatoms. The van der Waals surface area contributed by atoms with Crippen molar-refractivity contribution in [2.24, 2.45) is 5.92 Å². The summed E-state index contributed by atoms with van der Waals surface area (Å²) in [5.41, 5.74) is 0. The molecule has 1 heterocycles. The molecule has 2 aliphatic rings. The maximum atomic E-state index is 12.0. The van der Waals surface area contributed by atoms with Crippen LogP contribution in [0.25, 0.3) is 0 Å². The molecule has 1 aliphatic carbocycles. The van der Waals surface area contributed by atoms with Gasteiger partial charge in [-0.2, -0.15) is 0 Å². The van der Waals surface area contributed by atoms with E-state index in [2.05, 4.69) is 10.2 Å². The molecule has 1 saturated heterocycles. The molecule has 1 atom stereocenters. The van der Waals surface area contributed by atoms with E-state index in [-0.39, 0.29) is 12.4 Å². The van der Waals surface area contributed by atoms with Crippen LogP contribution in [0.3, 0.4) is 0 Å². The van der Waals surface area contributed by atoms with E-state index in [1.165, 1.54) is 12.8 Å². The first-order valence-electron chi connectivity index (χ1n) is 5.77. The number of nitrogens with zero attached hydrogens (tertiary/aromatic N) is 1. The molecule has 1 saturated carbocycles. The molecule has 15 heavy (non-hydrogen) atoms. The number of carbonyl (C=O) groups excluding carboxylic acids is 1. The number of nitrogens with one attached hydrogen (secondary N) is 1. The fourth-order valence-electron chi connectivity index (χ4n) is 2.63. The predicted octanol–water partition coefficient (Wildman–Crippen LogP) is 1.42. The molecule has 0 aromatic carbocycles. The highest BCUT2D eigenvalue weighted by Gasteiger charge is 2.31. The molecule has 2 rings (SSSR count). The molecule has 1 unspecified atom stereocenters. The molecule has 0 bridgehead atoms. The van der Waals surface area contributed by atoms with Gasteiger partial charge < -0.3 is 10.2 Å². The van der Waals surface area contributed by atoms with E-state index in [1.807, 2.05) is 7.05 Å². The molecule has 0 aromatic rings. The lowest BCUT2D eigenvalue weighted by atomic mass is 10.1. The zero-order chi connectivity index (χ0) is 9.97. The zero-order valence-electron chi connectivity index (χ0n) is 9.37. The first-order chi connectivity index (χ1) is 6.81. The fourth-order valence-corrected chi connectivity index (χ4v) is 2.63. The Balaban J connectivity index is 0.00000112. The molecule has 3 nitrogen and oxygen atoms in total. The lowest BCUT2D eigenvalue weighted by Gasteiger charge is -2.20. The van der Waals surface area contributed by atoms with Crippen LogP contribution in [0.15, 0.2) is 0 Å². The van der Waals surface area contributed by atoms with Gasteiger partial charge in [0, 0.05) is 25.0 Å². The minimum atomic E-state index is 0. The van der Waals surface area contributed by atoms with Gasteiger partial charge in [0.1, 0.15) is 0 Å². The van der Waals surface area contributed by atoms with Crippen LogP contribution in [0.2, 0.25) is 0 Å². The minimum absolute atomic E-state index is 0. The molecular formula is C11H21ClN2O. The molecule has 1 N–H and O–H groups in total. The predicted molar refractivity (Wildman–Crippen MR) is 63.3 cm³/mol. The smallest absolute Gasteiger partial charge is 0.225 e. The molecule has 0 aromatic heterocycles. The highest BCUT2D eigenvalue weighted by molar-refractivity contribution is 5.85. The number of hydrogen-bond donors (Lipinski definition) is 1. The second-order valence-corrected chi connectivity index (χ2v) is 4.54. The number of hydrogen-bond acceptors (Lipinski definition) is 2. The largest absolute Gasteiger partial charge is 0.341 e. The fraction of sp³-hybridized carbons (Fsp3) is 0.909. The van der Waals surface area contributed by atoms with Gasteiger partial charge in [0.15, 0.2) is 0 Å². The Morgan fingerprint density at radius 2 is 1.93 bits per heavy atom. The first-order valence-corrected chi connectivity index (χ1v) is 5.77. The molecule has 0 spiro atoms. The van der Waals surface area contributed by atoms with Crippen molar-refractivity contribution in [3.05, 3.63) is 0 Å². The maximum absolute atomic E-state index is 12.0. The number of amides is 1. The number of carbonyl (C=O) groups is 1. The van der Waals surface area contributed by atoms with E-state index in [9.17, 15) is 4.79 Å². The Morgan fingerprint density at radius 1 is 1.27 bits per heavy atom. The van der Waals surface area contributed by atoms with E-state index in [1.54, 1.807) is 0 Å². The molecule has 1 aliphatic heterocycles. The van der Waals surface area contributed by atoms with Crippen LogP contribution in [0, 0.1) is 5.92 Å². The van der Waals surface area contributed by atoms with Crippen LogP contribution >= 0.6 is 12.4 Å². The van der Waals surface area contributed by atoms with Crippen molar-refractivity contribution in [2.75, 3.05) is 20.1 Å². The maximum Gasteiger partial charge on any atom is 0.225 e. The van der Waals surface area contributed by atoms with Gasteiger partial charge in [0.05, 0.1) is 0 Å². The summed E-state index contributed by atoms with van der Waals surface area (Å²) in [6, 6.07) is 0.528. The summed E-state index contributed by atoms with van der Waals surface area (Å²) in [6.45, 7) is 1.88. The third-order valence-electron chi connectivity index (χ3n) is 3.61. The quantitative estimate of drug-likeness (QED) is 0.781. The summed E-state index contributed by atoms with van der Waals surface area (Å²) in [5.74, 6) is 0.769. The summed E-state index contributed by atoms with van der Waals surface area (Å²) in [7, 11) is 1.98. The minimum Gasteiger partial charge on any atom is -0.341 e. The third-order valence-corrected chi connectivity index (χ3v) is 3.61. The van der Waals surface area contributed by atoms with Gasteiger partial charge in [-0.25, -0.2) is 0 Å². The third kappa shape index (κ3) is 2.85. The van der Waals surface area contributed by atoms with E-state index in [0.717, 1.165) is 32.4 Å². The Hall–Kier alpha value is -0.280. The van der Waals surface area contributed by atoms with Gasteiger partial charge in [-0.05, 0) is 26.3 Å². The topological polar surface area (TPSA) is 32.3 Å². The number of rotatable bonds is 2. The number of likely N-dealkylation sites (N-methyl/N-ethyl adjacent to an activating group) is 1. The monoisotopic (exact) mass is 232 g/mol. The lowest BCUT2D eigenvalue weighted by Crippen LogP contribution is -2.36. The van der Waals surface area contributed by atoms with Crippen LogP contribution in [-0.2, 0) is 4.79 Å². The van der Waals surface area contributed by atoms with Gasteiger partial charge in [0.25, 0.3) is 0 Å². The average molecular weight is 233 g/mol. The summed E-state index contributed by atoms with van der Waals surface area (Å²) in [4.78, 5) is 14.1. The van der Waals surface area contributed by atoms with Crippen LogP contribution in [0.4, 0.5) is 0 Å². The van der Waals surface area contributed by atoms with Crippen molar-refractivity contribution < 1.29 is 4.79 Å². The molecule has 0 radical (unpaired) electrons. The highest BCUT2D eigenvalue weighted by Crippen LogP contribution is 2.27. The van der Waals surface area contributed by atoms with Crippen molar-refractivity contribution in [3.63, 3.8) is 0 Å². The Bertz CT molecular complexity index is 217. The number of halogens is 1. The van der Waals surface area contributed by atoms with Gasteiger partial charge >= 0.3 is 0 Å². The summed E-state index contributed by atoms with van der Waals surface area (Å²) < 4.78 is 0. The highest BCUT2D eigenvalue weighted by atomic mass is 35.5. The Kier molecular flexibility index (Phi) is 4.87. The number of likely N-dealkylation sites (tertiary alicyclic amines) is 1. The van der Waals surface area contributed by atoms with E-state index in [0.29, 0.717) is 17.9 Å². The van der Waals surface area contributed by atoms with Gasteiger partial charge in [-0.15, -0.1) is 12.4 Å². The molecular weight excluding hydrogens is 212 g/mol. The zero-order valence-corrected chi connectivity index (χ0v) is 10.2. The van der Waals surface area contributed by atoms with Crippen LogP contribution < -0.4 is 5.32 Å². The normalized spacial score (nSPS) is 26.7. The Morgan fingerprint density at radius 3 is 2.47 bits per heavy atom. The summed E-state index contributed by atoms with van der Waals surface area (Å²) >= 11 is 0. The van der Waals surface area contributed by atoms with Crippen molar-refractivity contribution in [3.8, 4) is 0 Å². The lowest BCUT2D eigenvalue weighted by molar-refractivity contribution is -0.134. The average Bonchev–Trinajstić information content (AvgIpc) is 2.88. The van der Waals surface area contributed by atoms with Crippen LogP contribution in [-0.4, -0.2) is 37.0 Å². The van der Waals surface area contributed by atoms with Crippen molar-refractivity contribution in [1.29, 1.82) is 0 Å². The van der Waals surface area contributed by atoms with Gasteiger partial charge in [-0.3, -0.25) is 4.79 Å². The molecule has 1 amide bonds. The summed E-state index contributed by atoms with van der Waals surface area (Å²) in [5, 5.41) is 3.25.